The van der Waals surface area contributed by atoms with Gasteiger partial charge in [0.2, 0.25) is 0 Å². The summed E-state index contributed by atoms with van der Waals surface area (Å²) in [5, 5.41) is 8.11. The Kier molecular flexibility index (Phi) is 6.59. The van der Waals surface area contributed by atoms with E-state index >= 15 is 0 Å². The van der Waals surface area contributed by atoms with E-state index in [1.54, 1.807) is 49.4 Å². The van der Waals surface area contributed by atoms with Crippen molar-refractivity contribution in [2.24, 2.45) is 5.10 Å². The molecule has 36 heavy (non-hydrogen) atoms. The van der Waals surface area contributed by atoms with Crippen LogP contribution in [0.2, 0.25) is 10.0 Å². The fourth-order valence-electron chi connectivity index (χ4n) is 4.01. The van der Waals surface area contributed by atoms with E-state index < -0.39 is 11.8 Å². The fraction of sp³-hybridized carbons (Fsp3) is 0.0690. The molecule has 0 radical (unpaired) electrons. The molecule has 0 N–H and O–H groups in total. The highest BCUT2D eigenvalue weighted by Gasteiger charge is 2.33. The molecule has 0 saturated heterocycles. The van der Waals surface area contributed by atoms with Gasteiger partial charge < -0.3 is 4.74 Å². The van der Waals surface area contributed by atoms with Crippen molar-refractivity contribution < 1.29 is 14.3 Å². The number of amides is 2. The highest BCUT2D eigenvalue weighted by Crippen LogP contribution is 2.33. The molecule has 0 spiro atoms. The minimum Gasteiger partial charge on any atom is -0.488 e. The zero-order chi connectivity index (χ0) is 25.2. The van der Waals surface area contributed by atoms with Gasteiger partial charge >= 0.3 is 0 Å². The van der Waals surface area contributed by atoms with E-state index in [1.807, 2.05) is 48.5 Å². The smallest absolute Gasteiger partial charge is 0.283 e. The predicted octanol–water partition coefficient (Wildman–Crippen LogP) is 7.17. The van der Waals surface area contributed by atoms with Gasteiger partial charge in [-0.05, 0) is 54.1 Å². The van der Waals surface area contributed by atoms with Crippen molar-refractivity contribution in [2.45, 2.75) is 13.5 Å². The number of carbonyl (C=O) groups is 2. The van der Waals surface area contributed by atoms with E-state index in [2.05, 4.69) is 5.10 Å². The molecule has 7 heteroatoms. The van der Waals surface area contributed by atoms with E-state index in [-0.39, 0.29) is 6.61 Å². The molecule has 0 unspecified atom stereocenters. The summed E-state index contributed by atoms with van der Waals surface area (Å²) in [7, 11) is 0. The highest BCUT2D eigenvalue weighted by atomic mass is 35.5. The van der Waals surface area contributed by atoms with Gasteiger partial charge in [-0.15, -0.1) is 0 Å². The van der Waals surface area contributed by atoms with E-state index in [1.165, 1.54) is 0 Å². The first-order valence-corrected chi connectivity index (χ1v) is 12.0. The Labute approximate surface area is 218 Å². The van der Waals surface area contributed by atoms with Crippen LogP contribution in [0.25, 0.3) is 16.8 Å². The van der Waals surface area contributed by atoms with Gasteiger partial charge in [0.15, 0.2) is 0 Å². The molecule has 4 aromatic rings. The van der Waals surface area contributed by atoms with E-state index in [0.29, 0.717) is 38.2 Å². The Morgan fingerprint density at radius 1 is 0.972 bits per heavy atom. The summed E-state index contributed by atoms with van der Waals surface area (Å²) in [6.45, 7) is 1.92. The third-order valence-corrected chi connectivity index (χ3v) is 6.48. The van der Waals surface area contributed by atoms with Crippen LogP contribution in [0.15, 0.2) is 95.6 Å². The van der Waals surface area contributed by atoms with Crippen LogP contribution in [0.4, 0.5) is 0 Å². The van der Waals surface area contributed by atoms with E-state index in [0.717, 1.165) is 21.3 Å². The summed E-state index contributed by atoms with van der Waals surface area (Å²) in [4.78, 5) is 26.2. The van der Waals surface area contributed by atoms with Crippen molar-refractivity contribution in [3.63, 3.8) is 0 Å². The number of fused-ring (bicyclic) bond motifs is 1. The first kappa shape index (κ1) is 23.8. The topological polar surface area (TPSA) is 59.0 Å². The summed E-state index contributed by atoms with van der Waals surface area (Å²) < 4.78 is 6.17. The average Bonchev–Trinajstić information content (AvgIpc) is 3.17. The first-order valence-electron chi connectivity index (χ1n) is 11.2. The average molecular weight is 515 g/mol. The van der Waals surface area contributed by atoms with Gasteiger partial charge in [0.1, 0.15) is 12.4 Å². The van der Waals surface area contributed by atoms with Gasteiger partial charge in [0, 0.05) is 26.7 Å². The van der Waals surface area contributed by atoms with Crippen LogP contribution in [-0.2, 0) is 11.4 Å². The molecule has 5 rings (SSSR count). The molecule has 0 fully saturated rings. The third-order valence-electron chi connectivity index (χ3n) is 5.89. The van der Waals surface area contributed by atoms with Gasteiger partial charge in [-0.3, -0.25) is 9.59 Å². The molecule has 0 aromatic heterocycles. The molecule has 0 bridgehead atoms. The maximum Gasteiger partial charge on any atom is 0.283 e. The van der Waals surface area contributed by atoms with Crippen molar-refractivity contribution in [1.82, 2.24) is 5.01 Å². The summed E-state index contributed by atoms with van der Waals surface area (Å²) in [6, 6.07) is 25.5. The van der Waals surface area contributed by atoms with Crippen molar-refractivity contribution in [1.29, 1.82) is 0 Å². The number of halogens is 2. The van der Waals surface area contributed by atoms with Crippen LogP contribution in [0.1, 0.15) is 28.4 Å². The summed E-state index contributed by atoms with van der Waals surface area (Å²) in [6.07, 6.45) is 1.74. The monoisotopic (exact) mass is 514 g/mol. The molecule has 1 aliphatic rings. The predicted molar refractivity (Wildman–Crippen MR) is 143 cm³/mol. The van der Waals surface area contributed by atoms with Crippen molar-refractivity contribution in [2.75, 3.05) is 0 Å². The van der Waals surface area contributed by atoms with Gasteiger partial charge in [-0.1, -0.05) is 77.8 Å². The lowest BCUT2D eigenvalue weighted by Gasteiger charge is -2.14. The standard InChI is InChI=1S/C29H20Cl2N2O3/c1-18-24(29(35)33(32-18)28(34)20-8-3-2-4-9-20)16-25-23-10-6-5-7-19(23)12-14-27(25)36-17-21-11-13-22(30)15-26(21)31/h2-16H,17H2,1H3/b24-16+. The molecule has 0 saturated carbocycles. The number of hydrogen-bond acceptors (Lipinski definition) is 4. The van der Waals surface area contributed by atoms with E-state index in [9.17, 15) is 9.59 Å². The van der Waals surface area contributed by atoms with Crippen LogP contribution >= 0.6 is 23.2 Å². The molecule has 0 aliphatic carbocycles. The van der Waals surface area contributed by atoms with Crippen LogP contribution in [0.5, 0.6) is 5.75 Å². The van der Waals surface area contributed by atoms with Gasteiger partial charge in [0.25, 0.3) is 11.8 Å². The van der Waals surface area contributed by atoms with Crippen LogP contribution in [0, 0.1) is 0 Å². The van der Waals surface area contributed by atoms with Crippen molar-refractivity contribution in [3.05, 3.63) is 117 Å². The summed E-state index contributed by atoms with van der Waals surface area (Å²) in [5.41, 5.74) is 2.65. The molecule has 1 heterocycles. The second kappa shape index (κ2) is 9.97. The molecule has 5 nitrogen and oxygen atoms in total. The zero-order valence-corrected chi connectivity index (χ0v) is 20.8. The fourth-order valence-corrected chi connectivity index (χ4v) is 4.48. The lowest BCUT2D eigenvalue weighted by Crippen LogP contribution is -2.29. The number of hydrogen-bond donors (Lipinski definition) is 0. The second-order valence-corrected chi connectivity index (χ2v) is 9.10. The number of hydrazone groups is 1. The number of ether oxygens (including phenoxy) is 1. The van der Waals surface area contributed by atoms with Crippen molar-refractivity contribution in [3.8, 4) is 5.75 Å². The maximum atomic E-state index is 13.3. The summed E-state index contributed by atoms with van der Waals surface area (Å²) >= 11 is 12.3. The SMILES string of the molecule is CC1=NN(C(=O)c2ccccc2)C(=O)/C1=C/c1c(OCc2ccc(Cl)cc2Cl)ccc2ccccc12. The zero-order valence-electron chi connectivity index (χ0n) is 19.2. The Balaban J connectivity index is 1.52. The number of carbonyl (C=O) groups excluding carboxylic acids is 2. The molecule has 0 atom stereocenters. The Hall–Kier alpha value is -3.93. The second-order valence-electron chi connectivity index (χ2n) is 8.25. The number of imide groups is 1. The number of benzene rings is 4. The minimum atomic E-state index is -0.485. The largest absolute Gasteiger partial charge is 0.488 e. The van der Waals surface area contributed by atoms with Crippen molar-refractivity contribution >= 4 is 57.6 Å². The van der Waals surface area contributed by atoms with Gasteiger partial charge in [0.05, 0.1) is 11.3 Å². The molecule has 1 aliphatic heterocycles. The van der Waals surface area contributed by atoms with Crippen LogP contribution in [0.3, 0.4) is 0 Å². The molecular weight excluding hydrogens is 495 g/mol. The summed E-state index contributed by atoms with van der Waals surface area (Å²) in [5.74, 6) is -0.392. The molecular formula is C29H20Cl2N2O3. The molecule has 178 valence electrons. The molecule has 4 aromatic carbocycles. The Morgan fingerprint density at radius 2 is 1.72 bits per heavy atom. The number of nitrogens with zero attached hydrogens (tertiary/aromatic N) is 2. The maximum absolute atomic E-state index is 13.3. The first-order chi connectivity index (χ1) is 17.4. The lowest BCUT2D eigenvalue weighted by atomic mass is 9.99. The Bertz CT molecular complexity index is 1560. The van der Waals surface area contributed by atoms with Crippen LogP contribution in [-0.4, -0.2) is 22.5 Å². The third kappa shape index (κ3) is 4.63. The Morgan fingerprint density at radius 3 is 2.50 bits per heavy atom. The lowest BCUT2D eigenvalue weighted by molar-refractivity contribution is -0.123. The van der Waals surface area contributed by atoms with Crippen LogP contribution < -0.4 is 4.74 Å². The molecule has 2 amide bonds. The highest BCUT2D eigenvalue weighted by molar-refractivity contribution is 6.35. The number of rotatable bonds is 5. The normalized spacial score (nSPS) is 14.4. The minimum absolute atomic E-state index is 0.212. The quantitative estimate of drug-likeness (QED) is 0.209. The van der Waals surface area contributed by atoms with E-state index in [4.69, 9.17) is 27.9 Å². The van der Waals surface area contributed by atoms with Gasteiger partial charge in [-0.25, -0.2) is 0 Å². The van der Waals surface area contributed by atoms with Gasteiger partial charge in [-0.2, -0.15) is 10.1 Å².